The van der Waals surface area contributed by atoms with E-state index in [-0.39, 0.29) is 30.3 Å². The molecule has 8 heteroatoms. The summed E-state index contributed by atoms with van der Waals surface area (Å²) >= 11 is 7.75. The molecular formula is C18H27Cl2N3O2S. The van der Waals surface area contributed by atoms with Crippen molar-refractivity contribution in [2.75, 3.05) is 25.4 Å². The van der Waals surface area contributed by atoms with Crippen molar-refractivity contribution < 1.29 is 9.59 Å². The molecule has 0 spiro atoms. The van der Waals surface area contributed by atoms with E-state index in [1.165, 1.54) is 0 Å². The fourth-order valence-electron chi connectivity index (χ4n) is 2.95. The van der Waals surface area contributed by atoms with E-state index < -0.39 is 0 Å². The first-order chi connectivity index (χ1) is 12.1. The van der Waals surface area contributed by atoms with Gasteiger partial charge in [0.15, 0.2) is 0 Å². The van der Waals surface area contributed by atoms with Crippen molar-refractivity contribution in [1.29, 1.82) is 0 Å². The third-order valence-electron chi connectivity index (χ3n) is 4.26. The molecular weight excluding hydrogens is 393 g/mol. The minimum absolute atomic E-state index is 0. The lowest BCUT2D eigenvalue weighted by atomic mass is 10.0. The summed E-state index contributed by atoms with van der Waals surface area (Å²) in [7, 11) is 0. The standard InChI is InChI=1S/C18H26ClN3O2S.ClH/c19-15-6-1-2-7-16(15)25-12-9-18(24)22-11-4-3-5-14(22)13-21-17(23)8-10-20;/h1-2,6-7,14H,3-5,8-13,20H2,(H,21,23);1H. The topological polar surface area (TPSA) is 75.4 Å². The number of nitrogens with two attached hydrogens (primary N) is 1. The minimum atomic E-state index is -0.0465. The van der Waals surface area contributed by atoms with Crippen LogP contribution < -0.4 is 11.1 Å². The number of benzene rings is 1. The van der Waals surface area contributed by atoms with Crippen molar-refractivity contribution in [2.45, 2.75) is 43.0 Å². The van der Waals surface area contributed by atoms with Crippen LogP contribution in [0.5, 0.6) is 0 Å². The Morgan fingerprint density at radius 1 is 1.27 bits per heavy atom. The fourth-order valence-corrected chi connectivity index (χ4v) is 4.12. The summed E-state index contributed by atoms with van der Waals surface area (Å²) in [6.07, 6.45) is 3.86. The molecule has 3 N–H and O–H groups in total. The molecule has 1 aliphatic rings. The molecule has 2 rings (SSSR count). The Kier molecular flexibility index (Phi) is 11.0. The van der Waals surface area contributed by atoms with Crippen molar-refractivity contribution in [3.05, 3.63) is 29.3 Å². The van der Waals surface area contributed by atoms with Crippen LogP contribution in [0.3, 0.4) is 0 Å². The first-order valence-electron chi connectivity index (χ1n) is 8.75. The van der Waals surface area contributed by atoms with E-state index in [0.29, 0.717) is 31.7 Å². The maximum Gasteiger partial charge on any atom is 0.223 e. The number of rotatable bonds is 8. The number of hydrogen-bond acceptors (Lipinski definition) is 4. The van der Waals surface area contributed by atoms with E-state index in [1.54, 1.807) is 11.8 Å². The molecule has 1 unspecified atom stereocenters. The van der Waals surface area contributed by atoms with Gasteiger partial charge in [0.1, 0.15) is 0 Å². The quantitative estimate of drug-likeness (QED) is 0.634. The normalized spacial score (nSPS) is 16.7. The van der Waals surface area contributed by atoms with Crippen LogP contribution in [0.4, 0.5) is 0 Å². The summed E-state index contributed by atoms with van der Waals surface area (Å²) in [5, 5.41) is 3.61. The van der Waals surface area contributed by atoms with Crippen LogP contribution in [0.2, 0.25) is 5.02 Å². The van der Waals surface area contributed by atoms with E-state index in [9.17, 15) is 9.59 Å². The second kappa shape index (κ2) is 12.4. The average Bonchev–Trinajstić information content (AvgIpc) is 2.62. The van der Waals surface area contributed by atoms with E-state index in [1.807, 2.05) is 29.2 Å². The molecule has 26 heavy (non-hydrogen) atoms. The van der Waals surface area contributed by atoms with Crippen molar-refractivity contribution in [3.63, 3.8) is 0 Å². The summed E-state index contributed by atoms with van der Waals surface area (Å²) in [6.45, 7) is 1.63. The van der Waals surface area contributed by atoms with Gasteiger partial charge in [0.2, 0.25) is 11.8 Å². The second-order valence-corrected chi connectivity index (χ2v) is 7.65. The minimum Gasteiger partial charge on any atom is -0.354 e. The summed E-state index contributed by atoms with van der Waals surface area (Å²) in [5.41, 5.74) is 5.39. The predicted molar refractivity (Wildman–Crippen MR) is 110 cm³/mol. The predicted octanol–water partition coefficient (Wildman–Crippen LogP) is 3.09. The fraction of sp³-hybridized carbons (Fsp3) is 0.556. The van der Waals surface area contributed by atoms with Gasteiger partial charge < -0.3 is 16.0 Å². The zero-order valence-corrected chi connectivity index (χ0v) is 17.2. The molecule has 0 saturated carbocycles. The number of nitrogens with zero attached hydrogens (tertiary/aromatic N) is 1. The maximum atomic E-state index is 12.6. The average molecular weight is 420 g/mol. The highest BCUT2D eigenvalue weighted by molar-refractivity contribution is 7.99. The number of likely N-dealkylation sites (tertiary alicyclic amines) is 1. The van der Waals surface area contributed by atoms with E-state index >= 15 is 0 Å². The molecule has 1 aromatic carbocycles. The first kappa shape index (κ1) is 23.1. The summed E-state index contributed by atoms with van der Waals surface area (Å²) in [4.78, 5) is 27.1. The van der Waals surface area contributed by atoms with Crippen LogP contribution in [0, 0.1) is 0 Å². The highest BCUT2D eigenvalue weighted by atomic mass is 35.5. The smallest absolute Gasteiger partial charge is 0.223 e. The molecule has 1 fully saturated rings. The largest absolute Gasteiger partial charge is 0.354 e. The summed E-state index contributed by atoms with van der Waals surface area (Å²) in [5.74, 6) is 0.803. The monoisotopic (exact) mass is 419 g/mol. The number of carbonyl (C=O) groups is 2. The number of carbonyl (C=O) groups excluding carboxylic acids is 2. The molecule has 0 radical (unpaired) electrons. The molecule has 1 atom stereocenters. The molecule has 1 saturated heterocycles. The van der Waals surface area contributed by atoms with Crippen molar-refractivity contribution in [3.8, 4) is 0 Å². The van der Waals surface area contributed by atoms with Gasteiger partial charge in [-0.25, -0.2) is 0 Å². The van der Waals surface area contributed by atoms with Crippen LogP contribution in [0.15, 0.2) is 29.2 Å². The van der Waals surface area contributed by atoms with Crippen LogP contribution in [0.1, 0.15) is 32.1 Å². The lowest BCUT2D eigenvalue weighted by Gasteiger charge is -2.36. The molecule has 2 amide bonds. The van der Waals surface area contributed by atoms with Gasteiger partial charge in [-0.3, -0.25) is 9.59 Å². The van der Waals surface area contributed by atoms with Crippen molar-refractivity contribution >= 4 is 47.6 Å². The van der Waals surface area contributed by atoms with Crippen LogP contribution in [-0.4, -0.2) is 48.1 Å². The van der Waals surface area contributed by atoms with Crippen LogP contribution >= 0.6 is 35.8 Å². The number of amides is 2. The van der Waals surface area contributed by atoms with Gasteiger partial charge in [0.25, 0.3) is 0 Å². The number of thioether (sulfide) groups is 1. The highest BCUT2D eigenvalue weighted by Crippen LogP contribution is 2.27. The second-order valence-electron chi connectivity index (χ2n) is 6.11. The Bertz CT molecular complexity index is 589. The zero-order valence-electron chi connectivity index (χ0n) is 14.8. The van der Waals surface area contributed by atoms with Gasteiger partial charge in [0.05, 0.1) is 5.02 Å². The molecule has 1 aliphatic heterocycles. The lowest BCUT2D eigenvalue weighted by molar-refractivity contribution is -0.135. The third-order valence-corrected chi connectivity index (χ3v) is 5.78. The Morgan fingerprint density at radius 2 is 2.04 bits per heavy atom. The first-order valence-corrected chi connectivity index (χ1v) is 10.1. The zero-order chi connectivity index (χ0) is 18.1. The Morgan fingerprint density at radius 3 is 2.77 bits per heavy atom. The number of halogens is 2. The number of nitrogens with one attached hydrogen (secondary N) is 1. The van der Waals surface area contributed by atoms with E-state index in [0.717, 1.165) is 35.7 Å². The van der Waals surface area contributed by atoms with Crippen molar-refractivity contribution in [1.82, 2.24) is 10.2 Å². The maximum absolute atomic E-state index is 12.6. The van der Waals surface area contributed by atoms with E-state index in [4.69, 9.17) is 17.3 Å². The molecule has 0 aliphatic carbocycles. The third kappa shape index (κ3) is 7.35. The van der Waals surface area contributed by atoms with Gasteiger partial charge in [-0.05, 0) is 31.4 Å². The lowest BCUT2D eigenvalue weighted by Crippen LogP contribution is -2.49. The SMILES string of the molecule is Cl.NCCC(=O)NCC1CCCCN1C(=O)CCSc1ccccc1Cl. The number of hydrogen-bond donors (Lipinski definition) is 2. The van der Waals surface area contributed by atoms with Gasteiger partial charge in [-0.15, -0.1) is 24.2 Å². The Hall–Kier alpha value is -0.950. The number of piperidine rings is 1. The highest BCUT2D eigenvalue weighted by Gasteiger charge is 2.26. The van der Waals surface area contributed by atoms with Crippen molar-refractivity contribution in [2.24, 2.45) is 5.73 Å². The van der Waals surface area contributed by atoms with Gasteiger partial charge in [-0.2, -0.15) is 0 Å². The molecule has 0 aromatic heterocycles. The van der Waals surface area contributed by atoms with Gasteiger partial charge in [0, 0.05) is 49.2 Å². The molecule has 5 nitrogen and oxygen atoms in total. The van der Waals surface area contributed by atoms with Crippen LogP contribution in [0.25, 0.3) is 0 Å². The van der Waals surface area contributed by atoms with Crippen LogP contribution in [-0.2, 0) is 9.59 Å². The molecule has 146 valence electrons. The Labute approximate surface area is 170 Å². The summed E-state index contributed by atoms with van der Waals surface area (Å²) in [6, 6.07) is 7.76. The molecule has 0 bridgehead atoms. The summed E-state index contributed by atoms with van der Waals surface area (Å²) < 4.78 is 0. The van der Waals surface area contributed by atoms with E-state index in [2.05, 4.69) is 5.32 Å². The molecule has 1 aromatic rings. The van der Waals surface area contributed by atoms with Gasteiger partial charge >= 0.3 is 0 Å². The van der Waals surface area contributed by atoms with Gasteiger partial charge in [-0.1, -0.05) is 23.7 Å². The molecule has 1 heterocycles. The Balaban J connectivity index is 0.00000338.